The summed E-state index contributed by atoms with van der Waals surface area (Å²) < 4.78 is 39.1. The number of aromatic nitrogens is 3. The van der Waals surface area contributed by atoms with E-state index in [0.29, 0.717) is 17.0 Å². The van der Waals surface area contributed by atoms with Gasteiger partial charge in [-0.15, -0.1) is 0 Å². The number of nitrogens with zero attached hydrogens (tertiary/aromatic N) is 3. The van der Waals surface area contributed by atoms with E-state index < -0.39 is 9.84 Å². The minimum Gasteiger partial charge on any atom is -0.268 e. The van der Waals surface area contributed by atoms with E-state index in [1.807, 2.05) is 26.1 Å². The summed E-state index contributed by atoms with van der Waals surface area (Å²) in [4.78, 5) is 5.03. The average Bonchev–Trinajstić information content (AvgIpc) is 2.95. The minimum atomic E-state index is -3.35. The van der Waals surface area contributed by atoms with Gasteiger partial charge in [0.25, 0.3) is 0 Å². The van der Waals surface area contributed by atoms with Gasteiger partial charge in [-0.05, 0) is 49.4 Å². The number of aryl methyl sites for hydroxylation is 2. The van der Waals surface area contributed by atoms with Crippen molar-refractivity contribution < 1.29 is 12.8 Å². The first-order chi connectivity index (χ1) is 13.2. The molecule has 28 heavy (non-hydrogen) atoms. The first-order valence-corrected chi connectivity index (χ1v) is 10.5. The van der Waals surface area contributed by atoms with Crippen LogP contribution in [0, 0.1) is 12.7 Å². The highest BCUT2D eigenvalue weighted by Gasteiger charge is 2.17. The third kappa shape index (κ3) is 3.18. The zero-order chi connectivity index (χ0) is 20.1. The molecule has 2 heterocycles. The number of pyridine rings is 1. The van der Waals surface area contributed by atoms with Crippen LogP contribution in [0.1, 0.15) is 5.69 Å². The normalized spacial score (nSPS) is 11.9. The zero-order valence-corrected chi connectivity index (χ0v) is 16.5. The third-order valence-electron chi connectivity index (χ3n) is 4.68. The summed E-state index contributed by atoms with van der Waals surface area (Å²) in [5.41, 5.74) is 4.43. The molecule has 5 nitrogen and oxygen atoms in total. The van der Waals surface area contributed by atoms with E-state index in [-0.39, 0.29) is 10.7 Å². The van der Waals surface area contributed by atoms with Crippen LogP contribution in [0.2, 0.25) is 0 Å². The molecule has 0 saturated heterocycles. The second kappa shape index (κ2) is 6.53. The fourth-order valence-electron chi connectivity index (χ4n) is 3.32. The van der Waals surface area contributed by atoms with Crippen LogP contribution in [-0.4, -0.2) is 29.4 Å². The first kappa shape index (κ1) is 18.3. The quantitative estimate of drug-likeness (QED) is 0.523. The van der Waals surface area contributed by atoms with Crippen LogP contribution >= 0.6 is 0 Å². The number of rotatable bonds is 3. The monoisotopic (exact) mass is 395 g/mol. The number of benzene rings is 2. The SMILES string of the molecule is Cc1nn(C)c2cc(-c3ccc(F)cc3)nc(-c3cccc(S(C)(=O)=O)c3)c12. The number of halogens is 1. The lowest BCUT2D eigenvalue weighted by Crippen LogP contribution is -1.98. The Balaban J connectivity index is 2.03. The number of fused-ring (bicyclic) bond motifs is 1. The first-order valence-electron chi connectivity index (χ1n) is 8.65. The molecule has 0 radical (unpaired) electrons. The summed E-state index contributed by atoms with van der Waals surface area (Å²) in [6, 6.07) is 14.7. The highest BCUT2D eigenvalue weighted by Crippen LogP contribution is 2.33. The van der Waals surface area contributed by atoms with E-state index in [1.54, 1.807) is 35.0 Å². The molecule has 0 fully saturated rings. The minimum absolute atomic E-state index is 0.230. The molecule has 2 aromatic carbocycles. The van der Waals surface area contributed by atoms with Gasteiger partial charge in [0.1, 0.15) is 5.82 Å². The van der Waals surface area contributed by atoms with Crippen molar-refractivity contribution in [3.05, 3.63) is 66.1 Å². The molecule has 0 aliphatic carbocycles. The molecule has 7 heteroatoms. The Morgan fingerprint density at radius 3 is 2.39 bits per heavy atom. The van der Waals surface area contributed by atoms with Crippen LogP contribution in [0.5, 0.6) is 0 Å². The lowest BCUT2D eigenvalue weighted by Gasteiger charge is -2.10. The predicted octanol–water partition coefficient (Wildman–Crippen LogP) is 4.15. The summed E-state index contributed by atoms with van der Waals surface area (Å²) in [6.45, 7) is 1.89. The second-order valence-corrected chi connectivity index (χ2v) is 8.78. The van der Waals surface area contributed by atoms with Gasteiger partial charge in [0.2, 0.25) is 0 Å². The maximum atomic E-state index is 13.3. The molecule has 0 atom stereocenters. The van der Waals surface area contributed by atoms with Crippen molar-refractivity contribution in [3.8, 4) is 22.5 Å². The number of hydrogen-bond acceptors (Lipinski definition) is 4. The van der Waals surface area contributed by atoms with Gasteiger partial charge in [0, 0.05) is 29.8 Å². The lowest BCUT2D eigenvalue weighted by molar-refractivity contribution is 0.602. The number of hydrogen-bond donors (Lipinski definition) is 0. The van der Waals surface area contributed by atoms with Gasteiger partial charge in [-0.1, -0.05) is 12.1 Å². The molecule has 0 saturated carbocycles. The van der Waals surface area contributed by atoms with Gasteiger partial charge in [-0.2, -0.15) is 5.10 Å². The lowest BCUT2D eigenvalue weighted by atomic mass is 10.0. The topological polar surface area (TPSA) is 64.8 Å². The van der Waals surface area contributed by atoms with Gasteiger partial charge in [0.05, 0.1) is 27.5 Å². The van der Waals surface area contributed by atoms with E-state index in [0.717, 1.165) is 22.2 Å². The van der Waals surface area contributed by atoms with Gasteiger partial charge in [-0.25, -0.2) is 17.8 Å². The Morgan fingerprint density at radius 2 is 1.71 bits per heavy atom. The standard InChI is InChI=1S/C21H18FN3O2S/c1-13-20-19(25(2)24-13)12-18(14-7-9-16(22)10-8-14)23-21(20)15-5-4-6-17(11-15)28(3,26)27/h4-12H,1-3H3. The molecule has 2 aromatic heterocycles. The molecule has 0 bridgehead atoms. The molecule has 0 aliphatic heterocycles. The van der Waals surface area contributed by atoms with Crippen molar-refractivity contribution in [3.63, 3.8) is 0 Å². The van der Waals surface area contributed by atoms with Gasteiger partial charge < -0.3 is 0 Å². The Labute approximate surface area is 162 Å². The summed E-state index contributed by atoms with van der Waals surface area (Å²) in [6.07, 6.45) is 1.18. The Kier molecular flexibility index (Phi) is 4.27. The van der Waals surface area contributed by atoms with Crippen LogP contribution in [-0.2, 0) is 16.9 Å². The molecule has 0 amide bonds. The molecule has 4 aromatic rings. The molecule has 0 N–H and O–H groups in total. The summed E-state index contributed by atoms with van der Waals surface area (Å²) in [5.74, 6) is -0.317. The molecule has 0 aliphatic rings. The second-order valence-electron chi connectivity index (χ2n) is 6.77. The van der Waals surface area contributed by atoms with Gasteiger partial charge >= 0.3 is 0 Å². The summed E-state index contributed by atoms with van der Waals surface area (Å²) in [5, 5.41) is 5.36. The van der Waals surface area contributed by atoms with E-state index in [4.69, 9.17) is 4.98 Å². The van der Waals surface area contributed by atoms with E-state index in [2.05, 4.69) is 5.10 Å². The van der Waals surface area contributed by atoms with Crippen LogP contribution < -0.4 is 0 Å². The summed E-state index contributed by atoms with van der Waals surface area (Å²) >= 11 is 0. The average molecular weight is 395 g/mol. The zero-order valence-electron chi connectivity index (χ0n) is 15.6. The molecular weight excluding hydrogens is 377 g/mol. The Bertz CT molecular complexity index is 1310. The molecule has 0 unspecified atom stereocenters. The third-order valence-corrected chi connectivity index (χ3v) is 5.79. The highest BCUT2D eigenvalue weighted by molar-refractivity contribution is 7.90. The van der Waals surface area contributed by atoms with Crippen molar-refractivity contribution in [2.45, 2.75) is 11.8 Å². The van der Waals surface area contributed by atoms with Crippen molar-refractivity contribution >= 4 is 20.7 Å². The predicted molar refractivity (Wildman–Crippen MR) is 107 cm³/mol. The van der Waals surface area contributed by atoms with Crippen LogP contribution in [0.4, 0.5) is 4.39 Å². The number of sulfone groups is 1. The van der Waals surface area contributed by atoms with Crippen molar-refractivity contribution in [1.82, 2.24) is 14.8 Å². The molecule has 142 valence electrons. The fourth-order valence-corrected chi connectivity index (χ4v) is 3.99. The largest absolute Gasteiger partial charge is 0.268 e. The van der Waals surface area contributed by atoms with Gasteiger partial charge in [-0.3, -0.25) is 4.68 Å². The van der Waals surface area contributed by atoms with Crippen LogP contribution in [0.25, 0.3) is 33.4 Å². The molecule has 4 rings (SSSR count). The van der Waals surface area contributed by atoms with Crippen LogP contribution in [0.15, 0.2) is 59.5 Å². The fraction of sp³-hybridized carbons (Fsp3) is 0.143. The Morgan fingerprint density at radius 1 is 1.00 bits per heavy atom. The molecular formula is C21H18FN3O2S. The Hall–Kier alpha value is -3.06. The molecule has 0 spiro atoms. The smallest absolute Gasteiger partial charge is 0.175 e. The van der Waals surface area contributed by atoms with E-state index in [1.165, 1.54) is 18.4 Å². The maximum Gasteiger partial charge on any atom is 0.175 e. The maximum absolute atomic E-state index is 13.3. The highest BCUT2D eigenvalue weighted by atomic mass is 32.2. The summed E-state index contributed by atoms with van der Waals surface area (Å²) in [7, 11) is -1.50. The van der Waals surface area contributed by atoms with Crippen molar-refractivity contribution in [1.29, 1.82) is 0 Å². The van der Waals surface area contributed by atoms with Crippen molar-refractivity contribution in [2.75, 3.05) is 6.26 Å². The van der Waals surface area contributed by atoms with Crippen LogP contribution in [0.3, 0.4) is 0 Å². The van der Waals surface area contributed by atoms with E-state index in [9.17, 15) is 12.8 Å². The van der Waals surface area contributed by atoms with Gasteiger partial charge in [0.15, 0.2) is 9.84 Å². The van der Waals surface area contributed by atoms with Crippen molar-refractivity contribution in [2.24, 2.45) is 7.05 Å². The van der Waals surface area contributed by atoms with E-state index >= 15 is 0 Å².